The predicted molar refractivity (Wildman–Crippen MR) is 86.3 cm³/mol. The van der Waals surface area contributed by atoms with Gasteiger partial charge in [-0.1, -0.05) is 23.9 Å². The first-order valence-corrected chi connectivity index (χ1v) is 8.20. The highest BCUT2D eigenvalue weighted by Crippen LogP contribution is 2.17. The van der Waals surface area contributed by atoms with Gasteiger partial charge in [-0.15, -0.1) is 0 Å². The summed E-state index contributed by atoms with van der Waals surface area (Å²) in [5.41, 5.74) is 1.52. The summed E-state index contributed by atoms with van der Waals surface area (Å²) in [6, 6.07) is 6.96. The minimum atomic E-state index is -0.553. The van der Waals surface area contributed by atoms with Gasteiger partial charge in [0, 0.05) is 13.1 Å². The van der Waals surface area contributed by atoms with Crippen LogP contribution in [0.4, 0.5) is 4.79 Å². The molecule has 3 rings (SSSR count). The molecule has 1 aliphatic heterocycles. The molecule has 0 spiro atoms. The zero-order valence-electron chi connectivity index (χ0n) is 12.6. The van der Waals surface area contributed by atoms with Crippen molar-refractivity contribution in [3.8, 4) is 0 Å². The number of nitrogens with one attached hydrogen (secondary N) is 1. The van der Waals surface area contributed by atoms with E-state index in [9.17, 15) is 14.4 Å². The zero-order valence-corrected chi connectivity index (χ0v) is 13.4. The lowest BCUT2D eigenvalue weighted by Crippen LogP contribution is -2.37. The Hall–Kier alpha value is -2.68. The molecule has 8 nitrogen and oxygen atoms in total. The molecule has 0 aliphatic carbocycles. The van der Waals surface area contributed by atoms with Gasteiger partial charge in [0.2, 0.25) is 0 Å². The highest BCUT2D eigenvalue weighted by Gasteiger charge is 2.26. The van der Waals surface area contributed by atoms with Crippen LogP contribution in [-0.2, 0) is 14.3 Å². The van der Waals surface area contributed by atoms with E-state index in [0.29, 0.717) is 11.6 Å². The van der Waals surface area contributed by atoms with Crippen LogP contribution in [0.25, 0.3) is 11.0 Å². The van der Waals surface area contributed by atoms with Crippen molar-refractivity contribution in [2.75, 3.05) is 25.4 Å². The quantitative estimate of drug-likeness (QED) is 0.631. The third-order valence-electron chi connectivity index (χ3n) is 3.28. The first-order valence-electron chi connectivity index (χ1n) is 7.22. The van der Waals surface area contributed by atoms with E-state index >= 15 is 0 Å². The number of imide groups is 1. The summed E-state index contributed by atoms with van der Waals surface area (Å²) in [5, 5.41) is 3.10. The normalized spacial score (nSPS) is 13.8. The topological polar surface area (TPSA) is 101 Å². The van der Waals surface area contributed by atoms with Crippen LogP contribution in [0.2, 0.25) is 0 Å². The lowest BCUT2D eigenvalue weighted by Gasteiger charge is -2.11. The van der Waals surface area contributed by atoms with E-state index in [-0.39, 0.29) is 12.3 Å². The van der Waals surface area contributed by atoms with Gasteiger partial charge in [-0.3, -0.25) is 19.5 Å². The first-order chi connectivity index (χ1) is 11.6. The highest BCUT2D eigenvalue weighted by atomic mass is 32.2. The van der Waals surface area contributed by atoms with E-state index in [1.165, 1.54) is 11.8 Å². The van der Waals surface area contributed by atoms with E-state index in [0.717, 1.165) is 15.9 Å². The smallest absolute Gasteiger partial charge is 0.324 e. The molecule has 1 saturated heterocycles. The number of para-hydroxylation sites is 2. The molecule has 1 aliphatic rings. The second kappa shape index (κ2) is 7.26. The van der Waals surface area contributed by atoms with Crippen molar-refractivity contribution in [3.05, 3.63) is 30.5 Å². The number of aromatic nitrogens is 2. The fourth-order valence-electron chi connectivity index (χ4n) is 2.11. The van der Waals surface area contributed by atoms with Crippen molar-refractivity contribution < 1.29 is 19.1 Å². The van der Waals surface area contributed by atoms with Crippen molar-refractivity contribution in [2.24, 2.45) is 0 Å². The van der Waals surface area contributed by atoms with Gasteiger partial charge in [-0.2, -0.15) is 0 Å². The first kappa shape index (κ1) is 16.2. The van der Waals surface area contributed by atoms with Crippen molar-refractivity contribution in [1.82, 2.24) is 20.2 Å². The summed E-state index contributed by atoms with van der Waals surface area (Å²) in [7, 11) is 0. The number of amides is 3. The third-order valence-corrected chi connectivity index (χ3v) is 4.15. The lowest BCUT2D eigenvalue weighted by molar-refractivity contribution is -0.148. The number of thioether (sulfide) groups is 1. The monoisotopic (exact) mass is 346 g/mol. The van der Waals surface area contributed by atoms with Crippen LogP contribution >= 0.6 is 11.8 Å². The molecular formula is C15H14N4O4S. The van der Waals surface area contributed by atoms with Gasteiger partial charge in [-0.05, 0) is 12.1 Å². The van der Waals surface area contributed by atoms with Crippen molar-refractivity contribution in [2.45, 2.75) is 5.03 Å². The summed E-state index contributed by atoms with van der Waals surface area (Å²) in [5.74, 6) is -1.08. The molecule has 0 saturated carbocycles. The van der Waals surface area contributed by atoms with Crippen LogP contribution in [-0.4, -0.2) is 58.2 Å². The Labute approximate surface area is 141 Å². The molecule has 9 heteroatoms. The molecule has 1 aromatic carbocycles. The Kier molecular flexibility index (Phi) is 4.90. The fraction of sp³-hybridized carbons (Fsp3) is 0.267. The molecule has 0 radical (unpaired) electrons. The predicted octanol–water partition coefficient (Wildman–Crippen LogP) is 0.817. The number of carbonyl (C=O) groups excluding carboxylic acids is 3. The van der Waals surface area contributed by atoms with Crippen LogP contribution in [0.5, 0.6) is 0 Å². The molecule has 1 fully saturated rings. The van der Waals surface area contributed by atoms with Gasteiger partial charge in [0.1, 0.15) is 5.03 Å². The minimum Gasteiger partial charge on any atom is -0.455 e. The molecular weight excluding hydrogens is 332 g/mol. The number of fused-ring (bicyclic) bond motifs is 1. The summed E-state index contributed by atoms with van der Waals surface area (Å²) in [4.78, 5) is 44.4. The van der Waals surface area contributed by atoms with E-state index in [1.54, 1.807) is 6.20 Å². The SMILES string of the molecule is O=C(CSc1cnc2ccccc2n1)OCC(=O)N1CCNC1=O. The van der Waals surface area contributed by atoms with Gasteiger partial charge >= 0.3 is 12.0 Å². The van der Waals surface area contributed by atoms with Gasteiger partial charge in [0.25, 0.3) is 5.91 Å². The number of ether oxygens (including phenoxy) is 1. The Morgan fingerprint density at radius 1 is 1.29 bits per heavy atom. The average Bonchev–Trinajstić information content (AvgIpc) is 3.03. The van der Waals surface area contributed by atoms with Crippen molar-refractivity contribution >= 4 is 40.7 Å². The van der Waals surface area contributed by atoms with Crippen LogP contribution < -0.4 is 5.32 Å². The van der Waals surface area contributed by atoms with E-state index in [2.05, 4.69) is 15.3 Å². The molecule has 0 unspecified atom stereocenters. The summed E-state index contributed by atoms with van der Waals surface area (Å²) in [6.45, 7) is 0.252. The van der Waals surface area contributed by atoms with Crippen LogP contribution in [0, 0.1) is 0 Å². The van der Waals surface area contributed by atoms with Crippen LogP contribution in [0.1, 0.15) is 0 Å². The number of rotatable bonds is 5. The second-order valence-electron chi connectivity index (χ2n) is 4.92. The number of urea groups is 1. The number of carbonyl (C=O) groups is 3. The third kappa shape index (κ3) is 3.80. The molecule has 1 N–H and O–H groups in total. The molecule has 0 bridgehead atoms. The molecule has 1 aromatic heterocycles. The Morgan fingerprint density at radius 2 is 2.08 bits per heavy atom. The number of benzene rings is 1. The second-order valence-corrected chi connectivity index (χ2v) is 5.92. The van der Waals surface area contributed by atoms with Gasteiger partial charge in [0.05, 0.1) is 23.0 Å². The molecule has 24 heavy (non-hydrogen) atoms. The number of esters is 1. The average molecular weight is 346 g/mol. The summed E-state index contributed by atoms with van der Waals surface area (Å²) >= 11 is 1.18. The number of nitrogens with zero attached hydrogens (tertiary/aromatic N) is 3. The Bertz CT molecular complexity index is 798. The molecule has 2 aromatic rings. The highest BCUT2D eigenvalue weighted by molar-refractivity contribution is 7.99. The molecule has 2 heterocycles. The fourth-order valence-corrected chi connectivity index (χ4v) is 2.75. The van der Waals surface area contributed by atoms with E-state index < -0.39 is 24.5 Å². The molecule has 124 valence electrons. The molecule has 0 atom stereocenters. The van der Waals surface area contributed by atoms with Crippen LogP contribution in [0.15, 0.2) is 35.5 Å². The maximum atomic E-state index is 11.7. The van der Waals surface area contributed by atoms with E-state index in [4.69, 9.17) is 4.74 Å². The van der Waals surface area contributed by atoms with Crippen molar-refractivity contribution in [3.63, 3.8) is 0 Å². The minimum absolute atomic E-state index is 0.00645. The standard InChI is InChI=1S/C15H14N4O4S/c20-13(19-6-5-16-15(19)22)8-23-14(21)9-24-12-7-17-10-3-1-2-4-11(10)18-12/h1-4,7H,5-6,8-9H2,(H,16,22). The Balaban J connectivity index is 1.48. The van der Waals surface area contributed by atoms with E-state index in [1.807, 2.05) is 24.3 Å². The Morgan fingerprint density at radius 3 is 2.83 bits per heavy atom. The largest absolute Gasteiger partial charge is 0.455 e. The summed E-state index contributed by atoms with van der Waals surface area (Å²) in [6.07, 6.45) is 1.58. The lowest BCUT2D eigenvalue weighted by atomic mass is 10.3. The summed E-state index contributed by atoms with van der Waals surface area (Å²) < 4.78 is 4.89. The van der Waals surface area contributed by atoms with Gasteiger partial charge in [0.15, 0.2) is 6.61 Å². The zero-order chi connectivity index (χ0) is 16.9. The van der Waals surface area contributed by atoms with Crippen molar-refractivity contribution in [1.29, 1.82) is 0 Å². The molecule has 3 amide bonds. The number of hydrogen-bond acceptors (Lipinski definition) is 7. The number of hydrogen-bond donors (Lipinski definition) is 1. The van der Waals surface area contributed by atoms with Gasteiger partial charge in [-0.25, -0.2) is 9.78 Å². The van der Waals surface area contributed by atoms with Gasteiger partial charge < -0.3 is 10.1 Å². The van der Waals surface area contributed by atoms with Crippen LogP contribution in [0.3, 0.4) is 0 Å². The maximum absolute atomic E-state index is 11.7. The maximum Gasteiger partial charge on any atom is 0.324 e.